The molecule has 1 unspecified atom stereocenters. The normalized spacial score (nSPS) is 34.3. The standard InChI is InChI=1S/C11H19N3O/c1-13-11(4-5-11)7-10(15)14(13)8-9-3-2-6-12-9/h9,12H,2-8H2,1H3. The smallest absolute Gasteiger partial charge is 0.238 e. The predicted molar refractivity (Wildman–Crippen MR) is 57.1 cm³/mol. The van der Waals surface area contributed by atoms with Gasteiger partial charge in [0.15, 0.2) is 0 Å². The SMILES string of the molecule is CN1N(CC2CCCN2)C(=O)CC12CC2. The first-order valence-corrected chi connectivity index (χ1v) is 5.99. The van der Waals surface area contributed by atoms with Gasteiger partial charge in [-0.05, 0) is 32.2 Å². The highest BCUT2D eigenvalue weighted by atomic mass is 16.2. The molecule has 84 valence electrons. The van der Waals surface area contributed by atoms with E-state index >= 15 is 0 Å². The van der Waals surface area contributed by atoms with Crippen LogP contribution in [0.2, 0.25) is 0 Å². The summed E-state index contributed by atoms with van der Waals surface area (Å²) in [7, 11) is 2.08. The first-order chi connectivity index (χ1) is 7.21. The highest BCUT2D eigenvalue weighted by molar-refractivity contribution is 5.80. The van der Waals surface area contributed by atoms with Crippen LogP contribution in [0.1, 0.15) is 32.1 Å². The van der Waals surface area contributed by atoms with Crippen molar-refractivity contribution in [1.29, 1.82) is 0 Å². The minimum Gasteiger partial charge on any atom is -0.312 e. The van der Waals surface area contributed by atoms with Gasteiger partial charge in [-0.15, -0.1) is 0 Å². The molecule has 1 amide bonds. The number of hydrazine groups is 1. The lowest BCUT2D eigenvalue weighted by molar-refractivity contribution is -0.138. The Kier molecular flexibility index (Phi) is 2.04. The Morgan fingerprint density at radius 1 is 1.53 bits per heavy atom. The average molecular weight is 209 g/mol. The van der Waals surface area contributed by atoms with Crippen LogP contribution in [0.4, 0.5) is 0 Å². The molecule has 2 saturated heterocycles. The summed E-state index contributed by atoms with van der Waals surface area (Å²) in [4.78, 5) is 11.9. The third-order valence-corrected chi connectivity index (χ3v) is 4.20. The quantitative estimate of drug-likeness (QED) is 0.713. The monoisotopic (exact) mass is 209 g/mol. The van der Waals surface area contributed by atoms with Gasteiger partial charge in [-0.1, -0.05) is 0 Å². The molecule has 3 aliphatic rings. The Labute approximate surface area is 90.6 Å². The maximum absolute atomic E-state index is 11.9. The number of nitrogens with one attached hydrogen (secondary N) is 1. The Morgan fingerprint density at radius 2 is 2.33 bits per heavy atom. The highest BCUT2D eigenvalue weighted by Gasteiger charge is 2.56. The average Bonchev–Trinajstić information content (AvgIpc) is 2.73. The number of hydrogen-bond acceptors (Lipinski definition) is 3. The van der Waals surface area contributed by atoms with Crippen LogP contribution >= 0.6 is 0 Å². The van der Waals surface area contributed by atoms with E-state index < -0.39 is 0 Å². The molecule has 2 heterocycles. The van der Waals surface area contributed by atoms with Gasteiger partial charge in [0.1, 0.15) is 0 Å². The predicted octanol–water partition coefficient (Wildman–Crippen LogP) is 0.350. The fourth-order valence-corrected chi connectivity index (χ4v) is 2.90. The molecule has 0 bridgehead atoms. The van der Waals surface area contributed by atoms with Gasteiger partial charge in [0.2, 0.25) is 5.91 Å². The van der Waals surface area contributed by atoms with Crippen molar-refractivity contribution in [2.75, 3.05) is 20.1 Å². The van der Waals surface area contributed by atoms with E-state index in [2.05, 4.69) is 17.4 Å². The van der Waals surface area contributed by atoms with Crippen LogP contribution in [0.5, 0.6) is 0 Å². The topological polar surface area (TPSA) is 35.6 Å². The molecule has 4 nitrogen and oxygen atoms in total. The summed E-state index contributed by atoms with van der Waals surface area (Å²) in [5.74, 6) is 0.323. The van der Waals surface area contributed by atoms with Crippen molar-refractivity contribution in [3.63, 3.8) is 0 Å². The van der Waals surface area contributed by atoms with Gasteiger partial charge in [-0.3, -0.25) is 9.80 Å². The number of carbonyl (C=O) groups excluding carboxylic acids is 1. The minimum absolute atomic E-state index is 0.232. The lowest BCUT2D eigenvalue weighted by Gasteiger charge is -2.30. The molecule has 1 aliphatic carbocycles. The molecule has 3 rings (SSSR count). The second-order valence-corrected chi connectivity index (χ2v) is 5.19. The summed E-state index contributed by atoms with van der Waals surface area (Å²) in [5, 5.41) is 7.62. The van der Waals surface area contributed by atoms with Gasteiger partial charge >= 0.3 is 0 Å². The van der Waals surface area contributed by atoms with Crippen LogP contribution in [0.3, 0.4) is 0 Å². The largest absolute Gasteiger partial charge is 0.312 e. The van der Waals surface area contributed by atoms with E-state index in [1.54, 1.807) is 0 Å². The lowest BCUT2D eigenvalue weighted by Crippen LogP contribution is -2.46. The van der Waals surface area contributed by atoms with Crippen molar-refractivity contribution in [2.24, 2.45) is 0 Å². The fraction of sp³-hybridized carbons (Fsp3) is 0.909. The minimum atomic E-state index is 0.232. The zero-order valence-corrected chi connectivity index (χ0v) is 9.33. The van der Waals surface area contributed by atoms with E-state index in [0.29, 0.717) is 11.9 Å². The van der Waals surface area contributed by atoms with Crippen molar-refractivity contribution >= 4 is 5.91 Å². The van der Waals surface area contributed by atoms with E-state index in [-0.39, 0.29) is 5.54 Å². The molecular formula is C11H19N3O. The summed E-state index contributed by atoms with van der Waals surface area (Å²) in [6, 6.07) is 0.519. The Bertz CT molecular complexity index is 282. The van der Waals surface area contributed by atoms with Gasteiger partial charge < -0.3 is 5.32 Å². The molecular weight excluding hydrogens is 190 g/mol. The second kappa shape index (κ2) is 3.19. The van der Waals surface area contributed by atoms with Crippen LogP contribution in [0.15, 0.2) is 0 Å². The number of hydrogen-bond donors (Lipinski definition) is 1. The van der Waals surface area contributed by atoms with Crippen molar-refractivity contribution in [2.45, 2.75) is 43.7 Å². The van der Waals surface area contributed by atoms with Crippen LogP contribution in [0, 0.1) is 0 Å². The lowest BCUT2D eigenvalue weighted by atomic mass is 10.2. The van der Waals surface area contributed by atoms with Gasteiger partial charge in [0.25, 0.3) is 0 Å². The molecule has 0 aromatic carbocycles. The van der Waals surface area contributed by atoms with E-state index in [0.717, 1.165) is 19.5 Å². The number of rotatable bonds is 2. The summed E-state index contributed by atoms with van der Waals surface area (Å²) in [5.41, 5.74) is 0.232. The maximum atomic E-state index is 11.9. The third kappa shape index (κ3) is 1.47. The van der Waals surface area contributed by atoms with Crippen molar-refractivity contribution in [1.82, 2.24) is 15.3 Å². The van der Waals surface area contributed by atoms with Gasteiger partial charge in [0, 0.05) is 25.0 Å². The van der Waals surface area contributed by atoms with E-state index in [4.69, 9.17) is 0 Å². The van der Waals surface area contributed by atoms with Gasteiger partial charge in [-0.2, -0.15) is 0 Å². The molecule has 0 aromatic heterocycles. The van der Waals surface area contributed by atoms with Crippen molar-refractivity contribution in [3.8, 4) is 0 Å². The molecule has 0 radical (unpaired) electrons. The zero-order chi connectivity index (χ0) is 10.5. The molecule has 3 fully saturated rings. The first kappa shape index (κ1) is 9.60. The maximum Gasteiger partial charge on any atom is 0.238 e. The van der Waals surface area contributed by atoms with Gasteiger partial charge in [-0.25, -0.2) is 5.01 Å². The van der Waals surface area contributed by atoms with Crippen LogP contribution in [-0.2, 0) is 4.79 Å². The molecule has 2 aliphatic heterocycles. The van der Waals surface area contributed by atoms with E-state index in [1.165, 1.54) is 25.7 Å². The Morgan fingerprint density at radius 3 is 2.87 bits per heavy atom. The highest BCUT2D eigenvalue weighted by Crippen LogP contribution is 2.48. The Hall–Kier alpha value is -0.610. The molecule has 4 heteroatoms. The third-order valence-electron chi connectivity index (χ3n) is 4.20. The summed E-state index contributed by atoms with van der Waals surface area (Å²) in [6.07, 6.45) is 5.61. The summed E-state index contributed by atoms with van der Waals surface area (Å²) >= 11 is 0. The molecule has 1 N–H and O–H groups in total. The zero-order valence-electron chi connectivity index (χ0n) is 9.33. The fourth-order valence-electron chi connectivity index (χ4n) is 2.90. The van der Waals surface area contributed by atoms with Crippen molar-refractivity contribution in [3.05, 3.63) is 0 Å². The number of carbonyl (C=O) groups is 1. The number of amides is 1. The molecule has 1 atom stereocenters. The molecule has 0 aromatic rings. The van der Waals surface area contributed by atoms with E-state index in [1.807, 2.05) is 5.01 Å². The van der Waals surface area contributed by atoms with Crippen molar-refractivity contribution < 1.29 is 4.79 Å². The van der Waals surface area contributed by atoms with Crippen LogP contribution < -0.4 is 5.32 Å². The molecule has 15 heavy (non-hydrogen) atoms. The van der Waals surface area contributed by atoms with Gasteiger partial charge in [0.05, 0.1) is 6.54 Å². The Balaban J connectivity index is 1.67. The summed E-state index contributed by atoms with van der Waals surface area (Å²) in [6.45, 7) is 1.98. The van der Waals surface area contributed by atoms with E-state index in [9.17, 15) is 4.79 Å². The molecule has 1 saturated carbocycles. The second-order valence-electron chi connectivity index (χ2n) is 5.19. The molecule has 1 spiro atoms. The number of nitrogens with zero attached hydrogens (tertiary/aromatic N) is 2. The van der Waals surface area contributed by atoms with Crippen LogP contribution in [0.25, 0.3) is 0 Å². The first-order valence-electron chi connectivity index (χ1n) is 5.99. The van der Waals surface area contributed by atoms with Crippen LogP contribution in [-0.4, -0.2) is 47.6 Å². The summed E-state index contributed by atoms with van der Waals surface area (Å²) < 4.78 is 0.